The van der Waals surface area contributed by atoms with Crippen molar-refractivity contribution in [2.45, 2.75) is 137 Å². The van der Waals surface area contributed by atoms with Crippen LogP contribution in [0.4, 0.5) is 0 Å². The van der Waals surface area contributed by atoms with Crippen molar-refractivity contribution in [1.29, 1.82) is 0 Å². The van der Waals surface area contributed by atoms with Crippen molar-refractivity contribution in [2.24, 2.45) is 5.92 Å². The van der Waals surface area contributed by atoms with E-state index in [1.54, 1.807) is 0 Å². The van der Waals surface area contributed by atoms with Gasteiger partial charge in [0.25, 0.3) is 0 Å². The van der Waals surface area contributed by atoms with E-state index in [1.807, 2.05) is 12.1 Å². The Hall–Kier alpha value is -1.61. The van der Waals surface area contributed by atoms with Gasteiger partial charge >= 0.3 is 0 Å². The Morgan fingerprint density at radius 3 is 1.50 bits per heavy atom. The zero-order chi connectivity index (χ0) is 28.7. The number of phenols is 2. The average Bonchev–Trinajstić information content (AvgIpc) is 2.79. The van der Waals surface area contributed by atoms with Crippen LogP contribution in [-0.2, 0) is 10.8 Å². The van der Waals surface area contributed by atoms with Gasteiger partial charge in [0, 0.05) is 5.92 Å². The Labute approximate surface area is 240 Å². The van der Waals surface area contributed by atoms with Gasteiger partial charge in [0.1, 0.15) is 11.5 Å². The normalized spacial score (nSPS) is 13.3. The first kappa shape index (κ1) is 32.6. The molecule has 0 saturated heterocycles. The fourth-order valence-corrected chi connectivity index (χ4v) is 6.13. The van der Waals surface area contributed by atoms with Crippen LogP contribution < -0.4 is 0 Å². The molecule has 0 aliphatic carbocycles. The Morgan fingerprint density at radius 2 is 1.11 bits per heavy atom. The third-order valence-electron chi connectivity index (χ3n) is 8.18. The average molecular weight is 541 g/mol. The van der Waals surface area contributed by atoms with E-state index in [4.69, 9.17) is 12.6 Å². The lowest BCUT2D eigenvalue weighted by Crippen LogP contribution is -2.18. The highest BCUT2D eigenvalue weighted by molar-refractivity contribution is 7.80. The zero-order valence-corrected chi connectivity index (χ0v) is 26.8. The lowest BCUT2D eigenvalue weighted by atomic mass is 9.75. The number of aryl methyl sites for hydroxylation is 2. The molecule has 2 aromatic carbocycles. The molecule has 2 N–H and O–H groups in total. The summed E-state index contributed by atoms with van der Waals surface area (Å²) in [7, 11) is 0. The molecule has 1 unspecified atom stereocenters. The molecule has 0 fully saturated rings. The summed E-state index contributed by atoms with van der Waals surface area (Å²) in [4.78, 5) is 0. The predicted octanol–water partition coefficient (Wildman–Crippen LogP) is 10.5. The maximum Gasteiger partial charge on any atom is 0.119 e. The van der Waals surface area contributed by atoms with Crippen LogP contribution >= 0.6 is 12.6 Å². The van der Waals surface area contributed by atoms with E-state index >= 15 is 0 Å². The Kier molecular flexibility index (Phi) is 12.1. The van der Waals surface area contributed by atoms with E-state index in [0.29, 0.717) is 17.4 Å². The highest BCUT2D eigenvalue weighted by Crippen LogP contribution is 2.43. The first-order valence-corrected chi connectivity index (χ1v) is 15.6. The molecular weight excluding hydrogens is 484 g/mol. The van der Waals surface area contributed by atoms with Crippen molar-refractivity contribution in [1.82, 2.24) is 0 Å². The van der Waals surface area contributed by atoms with Crippen LogP contribution in [0.15, 0.2) is 24.3 Å². The maximum atomic E-state index is 10.8. The number of phenolic OH excluding ortho intramolecular Hbond substituents is 2. The molecule has 0 aliphatic rings. The molecule has 38 heavy (non-hydrogen) atoms. The minimum absolute atomic E-state index is 0.154. The molecule has 0 aromatic heterocycles. The number of unbranched alkanes of at least 4 members (excludes halogenated alkanes) is 6. The van der Waals surface area contributed by atoms with E-state index < -0.39 is 0 Å². The molecule has 2 rings (SSSR count). The smallest absolute Gasteiger partial charge is 0.119 e. The van der Waals surface area contributed by atoms with Crippen LogP contribution in [0.5, 0.6) is 11.5 Å². The lowest BCUT2D eigenvalue weighted by Gasteiger charge is -2.31. The van der Waals surface area contributed by atoms with Crippen molar-refractivity contribution in [3.63, 3.8) is 0 Å². The van der Waals surface area contributed by atoms with Gasteiger partial charge in [0.2, 0.25) is 0 Å². The van der Waals surface area contributed by atoms with Gasteiger partial charge in [0.05, 0.1) is 0 Å². The van der Waals surface area contributed by atoms with E-state index in [9.17, 15) is 10.2 Å². The molecule has 214 valence electrons. The van der Waals surface area contributed by atoms with Gasteiger partial charge in [-0.2, -0.15) is 12.6 Å². The van der Waals surface area contributed by atoms with Crippen LogP contribution in [0, 0.1) is 19.8 Å². The summed E-state index contributed by atoms with van der Waals surface area (Å²) in [5.41, 5.74) is 6.49. The fourth-order valence-electron chi connectivity index (χ4n) is 5.80. The van der Waals surface area contributed by atoms with Gasteiger partial charge in [-0.05, 0) is 94.7 Å². The second-order valence-corrected chi connectivity index (χ2v) is 14.1. The monoisotopic (exact) mass is 540 g/mol. The van der Waals surface area contributed by atoms with Gasteiger partial charge in [0.15, 0.2) is 0 Å². The molecule has 2 aromatic rings. The molecule has 0 spiro atoms. The highest BCUT2D eigenvalue weighted by Gasteiger charge is 2.28. The van der Waals surface area contributed by atoms with Gasteiger partial charge < -0.3 is 10.2 Å². The molecule has 0 bridgehead atoms. The zero-order valence-electron chi connectivity index (χ0n) is 25.9. The predicted molar refractivity (Wildman–Crippen MR) is 170 cm³/mol. The highest BCUT2D eigenvalue weighted by atomic mass is 32.1. The number of thiol groups is 1. The van der Waals surface area contributed by atoms with Gasteiger partial charge in [-0.25, -0.2) is 0 Å². The third kappa shape index (κ3) is 8.97. The second kappa shape index (κ2) is 14.1. The van der Waals surface area contributed by atoms with Crippen LogP contribution in [0.3, 0.4) is 0 Å². The first-order valence-electron chi connectivity index (χ1n) is 15.0. The number of hydrogen-bond acceptors (Lipinski definition) is 3. The molecule has 3 heteroatoms. The molecule has 1 atom stereocenters. The standard InChI is InChI=1S/C35H56O2S/c1-10-11-12-13-14-15-16-17-26(23-38)20-29(27-21-30(34(4,5)6)32(36)18-24(27)2)28-22-31(35(7,8)9)33(37)19-25(28)3/h18-19,21-22,26,29,36-38H,10-17,20,23H2,1-9H3. The third-order valence-corrected chi connectivity index (χ3v) is 8.70. The molecular formula is C35H56O2S. The van der Waals surface area contributed by atoms with Gasteiger partial charge in [-0.3, -0.25) is 0 Å². The summed E-state index contributed by atoms with van der Waals surface area (Å²) in [6, 6.07) is 8.41. The molecule has 0 amide bonds. The summed E-state index contributed by atoms with van der Waals surface area (Å²) in [6.45, 7) is 19.5. The summed E-state index contributed by atoms with van der Waals surface area (Å²) >= 11 is 4.82. The molecule has 0 radical (unpaired) electrons. The van der Waals surface area contributed by atoms with E-state index in [-0.39, 0.29) is 16.7 Å². The quantitative estimate of drug-likeness (QED) is 0.175. The van der Waals surface area contributed by atoms with Crippen molar-refractivity contribution in [3.05, 3.63) is 57.6 Å². The van der Waals surface area contributed by atoms with Crippen LogP contribution in [-0.4, -0.2) is 16.0 Å². The van der Waals surface area contributed by atoms with Gasteiger partial charge in [-0.15, -0.1) is 0 Å². The van der Waals surface area contributed by atoms with E-state index in [0.717, 1.165) is 34.4 Å². The topological polar surface area (TPSA) is 40.5 Å². The Balaban J connectivity index is 2.50. The Bertz CT molecular complexity index is 956. The van der Waals surface area contributed by atoms with Crippen LogP contribution in [0.1, 0.15) is 146 Å². The van der Waals surface area contributed by atoms with Crippen LogP contribution in [0.2, 0.25) is 0 Å². The van der Waals surface area contributed by atoms with Crippen molar-refractivity contribution in [2.75, 3.05) is 5.75 Å². The molecule has 0 saturated carbocycles. The number of benzene rings is 2. The number of rotatable bonds is 13. The van der Waals surface area contributed by atoms with Crippen molar-refractivity contribution < 1.29 is 10.2 Å². The first-order chi connectivity index (χ1) is 17.7. The lowest BCUT2D eigenvalue weighted by molar-refractivity contribution is 0.432. The number of hydrogen-bond donors (Lipinski definition) is 3. The second-order valence-electron chi connectivity index (χ2n) is 13.7. The molecule has 0 aliphatic heterocycles. The molecule has 0 heterocycles. The van der Waals surface area contributed by atoms with E-state index in [1.165, 1.54) is 62.5 Å². The minimum Gasteiger partial charge on any atom is -0.508 e. The number of aromatic hydroxyl groups is 2. The molecule has 2 nitrogen and oxygen atoms in total. The van der Waals surface area contributed by atoms with Crippen molar-refractivity contribution >= 4 is 12.6 Å². The largest absolute Gasteiger partial charge is 0.508 e. The Morgan fingerprint density at radius 1 is 0.684 bits per heavy atom. The summed E-state index contributed by atoms with van der Waals surface area (Å²) < 4.78 is 0. The summed E-state index contributed by atoms with van der Waals surface area (Å²) in [6.07, 6.45) is 11.5. The SMILES string of the molecule is CCCCCCCCCC(CS)CC(c1cc(C(C)(C)C)c(O)cc1C)c1cc(C(C)(C)C)c(O)cc1C. The summed E-state index contributed by atoms with van der Waals surface area (Å²) in [5, 5.41) is 21.7. The minimum atomic E-state index is -0.154. The van der Waals surface area contributed by atoms with Crippen LogP contribution in [0.25, 0.3) is 0 Å². The van der Waals surface area contributed by atoms with Crippen molar-refractivity contribution in [3.8, 4) is 11.5 Å². The summed E-state index contributed by atoms with van der Waals surface area (Å²) in [5.74, 6) is 2.32. The fraction of sp³-hybridized carbons (Fsp3) is 0.657. The maximum absolute atomic E-state index is 10.8. The van der Waals surface area contributed by atoms with Gasteiger partial charge in [-0.1, -0.05) is 106 Å². The van der Waals surface area contributed by atoms with E-state index in [2.05, 4.69) is 74.4 Å².